The molecule has 0 aromatic carbocycles. The molecule has 0 saturated heterocycles. The van der Waals surface area contributed by atoms with E-state index in [1.807, 2.05) is 0 Å². The SMILES string of the molecule is CCCCP(Br)(CCCC)(CCCC)CCCN. The topological polar surface area (TPSA) is 26.0 Å². The Labute approximate surface area is 123 Å². The molecule has 112 valence electrons. The van der Waals surface area contributed by atoms with Gasteiger partial charge in [0.05, 0.1) is 0 Å². The molecule has 0 saturated carbocycles. The average Bonchev–Trinajstić information content (AvgIpc) is 2.40. The van der Waals surface area contributed by atoms with Crippen LogP contribution < -0.4 is 5.73 Å². The van der Waals surface area contributed by atoms with Crippen molar-refractivity contribution in [2.24, 2.45) is 5.73 Å². The van der Waals surface area contributed by atoms with Crippen molar-refractivity contribution in [1.82, 2.24) is 0 Å². The van der Waals surface area contributed by atoms with Gasteiger partial charge in [0.15, 0.2) is 0 Å². The zero-order valence-corrected chi connectivity index (χ0v) is 15.4. The first-order valence-electron chi connectivity index (χ1n) is 7.96. The molecule has 0 aliphatic carbocycles. The molecule has 0 atom stereocenters. The predicted octanol–water partition coefficient (Wildman–Crippen LogP) is 5.60. The Balaban J connectivity index is 4.82. The number of nitrogens with two attached hydrogens (primary N) is 1. The van der Waals surface area contributed by atoms with Gasteiger partial charge in [-0.15, -0.1) is 0 Å². The zero-order valence-electron chi connectivity index (χ0n) is 12.9. The summed E-state index contributed by atoms with van der Waals surface area (Å²) < 4.78 is 0. The van der Waals surface area contributed by atoms with E-state index in [2.05, 4.69) is 36.3 Å². The van der Waals surface area contributed by atoms with E-state index in [-0.39, 0.29) is 0 Å². The third kappa shape index (κ3) is 6.87. The molecular formula is C15H35BrNP. The molecule has 2 N–H and O–H groups in total. The van der Waals surface area contributed by atoms with Crippen molar-refractivity contribution in [2.45, 2.75) is 65.7 Å². The van der Waals surface area contributed by atoms with E-state index in [1.165, 1.54) is 69.6 Å². The van der Waals surface area contributed by atoms with Crippen molar-refractivity contribution in [3.63, 3.8) is 0 Å². The summed E-state index contributed by atoms with van der Waals surface area (Å²) in [6, 6.07) is 0. The van der Waals surface area contributed by atoms with Crippen LogP contribution >= 0.6 is 20.8 Å². The molecule has 0 radical (unpaired) electrons. The van der Waals surface area contributed by atoms with E-state index in [0.29, 0.717) is 0 Å². The summed E-state index contributed by atoms with van der Waals surface area (Å²) in [7, 11) is 0. The fraction of sp³-hybridized carbons (Fsp3) is 1.00. The van der Waals surface area contributed by atoms with Crippen molar-refractivity contribution in [1.29, 1.82) is 0 Å². The molecule has 1 nitrogen and oxygen atoms in total. The van der Waals surface area contributed by atoms with Crippen molar-refractivity contribution < 1.29 is 0 Å². The fourth-order valence-corrected chi connectivity index (χ4v) is 11.5. The first kappa shape index (κ1) is 18.9. The second-order valence-electron chi connectivity index (χ2n) is 5.92. The van der Waals surface area contributed by atoms with Crippen LogP contribution in [0.3, 0.4) is 0 Å². The van der Waals surface area contributed by atoms with Crippen molar-refractivity contribution in [3.05, 3.63) is 0 Å². The van der Waals surface area contributed by atoms with Gasteiger partial charge in [0.2, 0.25) is 0 Å². The van der Waals surface area contributed by atoms with Gasteiger partial charge in [0.1, 0.15) is 0 Å². The van der Waals surface area contributed by atoms with Crippen LogP contribution in [0.5, 0.6) is 0 Å². The Morgan fingerprint density at radius 3 is 1.33 bits per heavy atom. The summed E-state index contributed by atoms with van der Waals surface area (Å²) in [5.74, 6) is 0. The number of rotatable bonds is 12. The van der Waals surface area contributed by atoms with Gasteiger partial charge >= 0.3 is 123 Å². The normalized spacial score (nSPS) is 14.4. The molecule has 0 aromatic rings. The van der Waals surface area contributed by atoms with E-state index < -0.39 is 5.31 Å². The first-order chi connectivity index (χ1) is 8.54. The van der Waals surface area contributed by atoms with Crippen LogP contribution in [0.15, 0.2) is 0 Å². The second-order valence-corrected chi connectivity index (χ2v) is 17.4. The Morgan fingerprint density at radius 1 is 0.722 bits per heavy atom. The van der Waals surface area contributed by atoms with Crippen molar-refractivity contribution in [2.75, 3.05) is 31.2 Å². The molecule has 0 spiro atoms. The minimum absolute atomic E-state index is 0.855. The van der Waals surface area contributed by atoms with Crippen LogP contribution in [0, 0.1) is 0 Å². The summed E-state index contributed by atoms with van der Waals surface area (Å²) in [5, 5.41) is -1.63. The summed E-state index contributed by atoms with van der Waals surface area (Å²) in [6.07, 6.45) is 15.1. The molecule has 0 fully saturated rings. The summed E-state index contributed by atoms with van der Waals surface area (Å²) >= 11 is 4.37. The molecular weight excluding hydrogens is 305 g/mol. The van der Waals surface area contributed by atoms with Crippen molar-refractivity contribution >= 4 is 20.8 Å². The van der Waals surface area contributed by atoms with Crippen LogP contribution in [0.1, 0.15) is 65.7 Å². The van der Waals surface area contributed by atoms with Gasteiger partial charge in [-0.1, -0.05) is 0 Å². The van der Waals surface area contributed by atoms with Gasteiger partial charge in [0.25, 0.3) is 0 Å². The fourth-order valence-electron chi connectivity index (χ4n) is 2.82. The predicted molar refractivity (Wildman–Crippen MR) is 93.7 cm³/mol. The summed E-state index contributed by atoms with van der Waals surface area (Å²) in [5.41, 5.74) is 5.78. The Bertz CT molecular complexity index is 165. The maximum atomic E-state index is 5.78. The number of unbranched alkanes of at least 4 members (excludes halogenated alkanes) is 3. The van der Waals surface area contributed by atoms with Gasteiger partial charge in [-0.3, -0.25) is 0 Å². The number of halogens is 1. The number of hydrogen-bond acceptors (Lipinski definition) is 1. The first-order valence-corrected chi connectivity index (χ1v) is 13.0. The van der Waals surface area contributed by atoms with Crippen molar-refractivity contribution in [3.8, 4) is 0 Å². The summed E-state index contributed by atoms with van der Waals surface area (Å²) in [6.45, 7) is 7.80. The Kier molecular flexibility index (Phi) is 10.2. The molecule has 0 amide bonds. The molecule has 0 bridgehead atoms. The monoisotopic (exact) mass is 339 g/mol. The number of hydrogen-bond donors (Lipinski definition) is 1. The van der Waals surface area contributed by atoms with Crippen LogP contribution in [0.25, 0.3) is 0 Å². The Hall–Kier alpha value is 0.870. The van der Waals surface area contributed by atoms with Gasteiger partial charge in [-0.25, -0.2) is 0 Å². The third-order valence-corrected chi connectivity index (χ3v) is 14.1. The average molecular weight is 340 g/mol. The molecule has 0 unspecified atom stereocenters. The standard InChI is InChI=1S/C15H35BrNP/c1-4-7-12-18(16,13-8-5-2,14-9-6-3)15-10-11-17/h4-15,17H2,1-3H3. The Morgan fingerprint density at radius 2 is 1.06 bits per heavy atom. The van der Waals surface area contributed by atoms with Crippen LogP contribution in [0.2, 0.25) is 0 Å². The van der Waals surface area contributed by atoms with Gasteiger partial charge in [0, 0.05) is 0 Å². The van der Waals surface area contributed by atoms with Gasteiger partial charge < -0.3 is 0 Å². The van der Waals surface area contributed by atoms with E-state index in [9.17, 15) is 0 Å². The molecule has 0 heterocycles. The van der Waals surface area contributed by atoms with Gasteiger partial charge in [-0.05, 0) is 0 Å². The molecule has 3 heteroatoms. The van der Waals surface area contributed by atoms with E-state index in [1.54, 1.807) is 0 Å². The summed E-state index contributed by atoms with van der Waals surface area (Å²) in [4.78, 5) is 0. The minimum atomic E-state index is -1.63. The van der Waals surface area contributed by atoms with E-state index >= 15 is 0 Å². The molecule has 18 heavy (non-hydrogen) atoms. The van der Waals surface area contributed by atoms with Crippen LogP contribution in [-0.2, 0) is 0 Å². The van der Waals surface area contributed by atoms with Gasteiger partial charge in [-0.2, -0.15) is 0 Å². The van der Waals surface area contributed by atoms with Crippen LogP contribution in [-0.4, -0.2) is 31.2 Å². The van der Waals surface area contributed by atoms with Crippen LogP contribution in [0.4, 0.5) is 0 Å². The van der Waals surface area contributed by atoms with E-state index in [4.69, 9.17) is 5.73 Å². The quantitative estimate of drug-likeness (QED) is 0.460. The second kappa shape index (κ2) is 9.72. The molecule has 0 rings (SSSR count). The molecule has 0 aromatic heterocycles. The molecule has 0 aliphatic rings. The maximum absolute atomic E-state index is 5.78. The van der Waals surface area contributed by atoms with E-state index in [0.717, 1.165) is 6.54 Å². The zero-order chi connectivity index (χ0) is 13.9. The third-order valence-electron chi connectivity index (χ3n) is 4.13. The molecule has 0 aliphatic heterocycles.